The van der Waals surface area contributed by atoms with Crippen molar-refractivity contribution < 1.29 is 17.4 Å². The van der Waals surface area contributed by atoms with Crippen molar-refractivity contribution in [2.75, 3.05) is 26.2 Å². The van der Waals surface area contributed by atoms with Gasteiger partial charge in [0.05, 0.1) is 18.6 Å². The SMILES string of the molecule is O=S(=O)(Cc1ccccc1)N1CCN(Cc2nc(-c3ccco3)no2)CC1. The fraction of sp³-hybridized carbons (Fsp3) is 0.333. The highest BCUT2D eigenvalue weighted by atomic mass is 32.2. The van der Waals surface area contributed by atoms with Gasteiger partial charge in [0.25, 0.3) is 0 Å². The number of nitrogens with zero attached hydrogens (tertiary/aromatic N) is 4. The van der Waals surface area contributed by atoms with E-state index in [0.717, 1.165) is 5.56 Å². The molecule has 8 nitrogen and oxygen atoms in total. The second-order valence-corrected chi connectivity index (χ2v) is 8.37. The van der Waals surface area contributed by atoms with Gasteiger partial charge >= 0.3 is 0 Å². The number of aromatic nitrogens is 2. The first-order chi connectivity index (χ1) is 13.1. The van der Waals surface area contributed by atoms with Gasteiger partial charge in [0.1, 0.15) is 0 Å². The minimum absolute atomic E-state index is 0.0318. The van der Waals surface area contributed by atoms with Crippen molar-refractivity contribution in [1.82, 2.24) is 19.3 Å². The van der Waals surface area contributed by atoms with E-state index in [1.807, 2.05) is 30.3 Å². The van der Waals surface area contributed by atoms with Gasteiger partial charge in [-0.2, -0.15) is 9.29 Å². The Morgan fingerprint density at radius 3 is 2.48 bits per heavy atom. The molecule has 0 spiro atoms. The van der Waals surface area contributed by atoms with Gasteiger partial charge < -0.3 is 8.94 Å². The summed E-state index contributed by atoms with van der Waals surface area (Å²) in [6.45, 7) is 2.63. The van der Waals surface area contributed by atoms with E-state index >= 15 is 0 Å². The lowest BCUT2D eigenvalue weighted by Crippen LogP contribution is -2.48. The zero-order valence-electron chi connectivity index (χ0n) is 14.7. The van der Waals surface area contributed by atoms with Crippen molar-refractivity contribution >= 4 is 10.0 Å². The van der Waals surface area contributed by atoms with Crippen LogP contribution in [-0.2, 0) is 22.3 Å². The van der Waals surface area contributed by atoms with E-state index in [-0.39, 0.29) is 5.75 Å². The Labute approximate surface area is 157 Å². The molecule has 0 saturated carbocycles. The van der Waals surface area contributed by atoms with E-state index in [1.165, 1.54) is 0 Å². The summed E-state index contributed by atoms with van der Waals surface area (Å²) in [5.74, 6) is 1.49. The quantitative estimate of drug-likeness (QED) is 0.637. The van der Waals surface area contributed by atoms with Gasteiger partial charge in [-0.15, -0.1) is 0 Å². The smallest absolute Gasteiger partial charge is 0.241 e. The topological polar surface area (TPSA) is 92.7 Å². The number of hydrogen-bond donors (Lipinski definition) is 0. The Kier molecular flexibility index (Phi) is 5.06. The van der Waals surface area contributed by atoms with E-state index in [1.54, 1.807) is 22.7 Å². The second kappa shape index (κ2) is 7.63. The van der Waals surface area contributed by atoms with Crippen LogP contribution in [0.5, 0.6) is 0 Å². The Morgan fingerprint density at radius 2 is 1.78 bits per heavy atom. The summed E-state index contributed by atoms with van der Waals surface area (Å²) >= 11 is 0. The number of piperazine rings is 1. The zero-order chi connectivity index (χ0) is 18.7. The molecule has 1 aliphatic rings. The third-order valence-electron chi connectivity index (χ3n) is 4.49. The fourth-order valence-electron chi connectivity index (χ4n) is 3.06. The van der Waals surface area contributed by atoms with Crippen LogP contribution in [0.15, 0.2) is 57.7 Å². The Hall–Kier alpha value is -2.49. The molecule has 1 aliphatic heterocycles. The molecule has 0 N–H and O–H groups in total. The lowest BCUT2D eigenvalue weighted by Gasteiger charge is -2.33. The molecule has 0 unspecified atom stereocenters. The average Bonchev–Trinajstić information content (AvgIpc) is 3.34. The minimum Gasteiger partial charge on any atom is -0.461 e. The summed E-state index contributed by atoms with van der Waals surface area (Å²) in [6.07, 6.45) is 1.56. The number of hydrogen-bond acceptors (Lipinski definition) is 7. The maximum Gasteiger partial charge on any atom is 0.241 e. The van der Waals surface area contributed by atoms with E-state index in [0.29, 0.717) is 50.2 Å². The van der Waals surface area contributed by atoms with Crippen LogP contribution < -0.4 is 0 Å². The van der Waals surface area contributed by atoms with E-state index < -0.39 is 10.0 Å². The largest absolute Gasteiger partial charge is 0.461 e. The summed E-state index contributed by atoms with van der Waals surface area (Å²) in [4.78, 5) is 6.43. The average molecular weight is 388 g/mol. The molecule has 0 bridgehead atoms. The van der Waals surface area contributed by atoms with Crippen LogP contribution in [0.2, 0.25) is 0 Å². The van der Waals surface area contributed by atoms with Crippen LogP contribution in [0.3, 0.4) is 0 Å². The monoisotopic (exact) mass is 388 g/mol. The number of furan rings is 1. The normalized spacial score (nSPS) is 16.6. The van der Waals surface area contributed by atoms with Crippen LogP contribution in [-0.4, -0.2) is 53.9 Å². The van der Waals surface area contributed by atoms with Gasteiger partial charge in [0, 0.05) is 26.2 Å². The molecule has 1 fully saturated rings. The first-order valence-electron chi connectivity index (χ1n) is 8.71. The van der Waals surface area contributed by atoms with Crippen molar-refractivity contribution in [1.29, 1.82) is 0 Å². The summed E-state index contributed by atoms with van der Waals surface area (Å²) in [5.41, 5.74) is 0.802. The Bertz CT molecular complexity index is 962. The van der Waals surface area contributed by atoms with Gasteiger partial charge in [-0.05, 0) is 17.7 Å². The van der Waals surface area contributed by atoms with Crippen LogP contribution >= 0.6 is 0 Å². The molecule has 0 amide bonds. The third kappa shape index (κ3) is 4.26. The van der Waals surface area contributed by atoms with Gasteiger partial charge in [-0.1, -0.05) is 35.5 Å². The van der Waals surface area contributed by atoms with Gasteiger partial charge in [0.15, 0.2) is 5.76 Å². The van der Waals surface area contributed by atoms with Crippen molar-refractivity contribution in [2.24, 2.45) is 0 Å². The number of benzene rings is 1. The van der Waals surface area contributed by atoms with E-state index in [4.69, 9.17) is 8.94 Å². The first kappa shape index (κ1) is 17.9. The fourth-order valence-corrected chi connectivity index (χ4v) is 4.57. The van der Waals surface area contributed by atoms with Gasteiger partial charge in [-0.3, -0.25) is 4.90 Å². The number of rotatable bonds is 6. The third-order valence-corrected chi connectivity index (χ3v) is 6.34. The highest BCUT2D eigenvalue weighted by molar-refractivity contribution is 7.88. The highest BCUT2D eigenvalue weighted by Crippen LogP contribution is 2.18. The van der Waals surface area contributed by atoms with Crippen molar-refractivity contribution in [3.05, 3.63) is 60.2 Å². The second-order valence-electron chi connectivity index (χ2n) is 6.41. The summed E-state index contributed by atoms with van der Waals surface area (Å²) in [6, 6.07) is 12.8. The van der Waals surface area contributed by atoms with Crippen LogP contribution in [0.4, 0.5) is 0 Å². The van der Waals surface area contributed by atoms with Gasteiger partial charge in [-0.25, -0.2) is 8.42 Å². The zero-order valence-corrected chi connectivity index (χ0v) is 15.5. The molecule has 1 saturated heterocycles. The van der Waals surface area contributed by atoms with Crippen LogP contribution in [0, 0.1) is 0 Å². The highest BCUT2D eigenvalue weighted by Gasteiger charge is 2.27. The molecule has 3 aromatic rings. The summed E-state index contributed by atoms with van der Waals surface area (Å²) in [7, 11) is -3.32. The van der Waals surface area contributed by atoms with E-state index in [2.05, 4.69) is 15.0 Å². The minimum atomic E-state index is -3.32. The summed E-state index contributed by atoms with van der Waals surface area (Å²) in [5, 5.41) is 3.91. The molecular weight excluding hydrogens is 368 g/mol. The van der Waals surface area contributed by atoms with Crippen molar-refractivity contribution in [3.63, 3.8) is 0 Å². The van der Waals surface area contributed by atoms with E-state index in [9.17, 15) is 8.42 Å². The molecule has 4 rings (SSSR count). The molecule has 9 heteroatoms. The first-order valence-corrected chi connectivity index (χ1v) is 10.3. The molecule has 142 valence electrons. The lowest BCUT2D eigenvalue weighted by atomic mass is 10.2. The molecule has 0 radical (unpaired) electrons. The Morgan fingerprint density at radius 1 is 1.00 bits per heavy atom. The standard InChI is InChI=1S/C18H20N4O4S/c23-27(24,14-15-5-2-1-3-6-15)22-10-8-21(9-11-22)13-17-19-18(20-26-17)16-7-4-12-25-16/h1-7,12H,8-11,13-14H2. The van der Waals surface area contributed by atoms with Gasteiger partial charge in [0.2, 0.25) is 21.7 Å². The van der Waals surface area contributed by atoms with Crippen molar-refractivity contribution in [2.45, 2.75) is 12.3 Å². The lowest BCUT2D eigenvalue weighted by molar-refractivity contribution is 0.163. The molecular formula is C18H20N4O4S. The predicted octanol–water partition coefficient (Wildman–Crippen LogP) is 1.98. The van der Waals surface area contributed by atoms with Crippen LogP contribution in [0.1, 0.15) is 11.5 Å². The summed E-state index contributed by atoms with van der Waals surface area (Å²) < 4.78 is 37.3. The number of sulfonamides is 1. The molecule has 1 aromatic carbocycles. The van der Waals surface area contributed by atoms with Crippen molar-refractivity contribution in [3.8, 4) is 11.6 Å². The molecule has 0 aliphatic carbocycles. The maximum absolute atomic E-state index is 12.6. The predicted molar refractivity (Wildman–Crippen MR) is 97.9 cm³/mol. The molecule has 0 atom stereocenters. The Balaban J connectivity index is 1.32. The maximum atomic E-state index is 12.6. The molecule has 2 aromatic heterocycles. The molecule has 27 heavy (non-hydrogen) atoms. The van der Waals surface area contributed by atoms with Crippen LogP contribution in [0.25, 0.3) is 11.6 Å². The molecule has 3 heterocycles.